The number of halogens is 1. The number of nitrogens with one attached hydrogen (secondary N) is 2. The molecule has 0 aliphatic heterocycles. The van der Waals surface area contributed by atoms with Gasteiger partial charge in [-0.1, -0.05) is 18.6 Å². The number of nitrogens with zero attached hydrogens (tertiary/aromatic N) is 1. The number of aliphatic imine (C=N–C) groups is 1. The highest BCUT2D eigenvalue weighted by molar-refractivity contribution is 5.79. The van der Waals surface area contributed by atoms with Gasteiger partial charge in [-0.05, 0) is 37.0 Å². The van der Waals surface area contributed by atoms with E-state index >= 15 is 0 Å². The summed E-state index contributed by atoms with van der Waals surface area (Å²) in [5.74, 6) is 0.377. The summed E-state index contributed by atoms with van der Waals surface area (Å²) >= 11 is 0. The average molecular weight is 323 g/mol. The molecule has 0 aliphatic carbocycles. The second kappa shape index (κ2) is 11.5. The second-order valence-electron chi connectivity index (χ2n) is 5.19. The Balaban J connectivity index is 2.10. The molecule has 5 nitrogen and oxygen atoms in total. The van der Waals surface area contributed by atoms with Crippen molar-refractivity contribution < 1.29 is 13.9 Å². The number of carbonyl (C=O) groups excluding carboxylic acids is 1. The largest absolute Gasteiger partial charge is 0.469 e. The highest BCUT2D eigenvalue weighted by Crippen LogP contribution is 2.03. The van der Waals surface area contributed by atoms with Crippen molar-refractivity contribution in [2.45, 2.75) is 32.1 Å². The summed E-state index contributed by atoms with van der Waals surface area (Å²) in [7, 11) is 3.13. The molecule has 0 unspecified atom stereocenters. The molecule has 2 N–H and O–H groups in total. The first-order chi connectivity index (χ1) is 11.2. The molecule has 0 radical (unpaired) electrons. The van der Waals surface area contributed by atoms with Crippen LogP contribution in [0.15, 0.2) is 29.3 Å². The van der Waals surface area contributed by atoms with Gasteiger partial charge in [0.05, 0.1) is 7.11 Å². The molecule has 0 spiro atoms. The zero-order chi connectivity index (χ0) is 16.9. The molecule has 0 bridgehead atoms. The molecule has 23 heavy (non-hydrogen) atoms. The number of hydrogen-bond donors (Lipinski definition) is 2. The number of carbonyl (C=O) groups is 1. The predicted molar refractivity (Wildman–Crippen MR) is 90.0 cm³/mol. The van der Waals surface area contributed by atoms with Crippen LogP contribution >= 0.6 is 0 Å². The van der Waals surface area contributed by atoms with Crippen molar-refractivity contribution in [1.82, 2.24) is 10.6 Å². The van der Waals surface area contributed by atoms with E-state index in [4.69, 9.17) is 0 Å². The van der Waals surface area contributed by atoms with Gasteiger partial charge in [-0.15, -0.1) is 0 Å². The van der Waals surface area contributed by atoms with Crippen LogP contribution in [0.2, 0.25) is 0 Å². The second-order valence-corrected chi connectivity index (χ2v) is 5.19. The highest BCUT2D eigenvalue weighted by atomic mass is 19.1. The molecule has 0 saturated heterocycles. The maximum absolute atomic E-state index is 12.8. The lowest BCUT2D eigenvalue weighted by Gasteiger charge is -2.11. The quantitative estimate of drug-likeness (QED) is 0.317. The maximum atomic E-state index is 12.8. The first-order valence-corrected chi connectivity index (χ1v) is 7.91. The minimum atomic E-state index is -0.216. The standard InChI is InChI=1S/C17H26FN3O2/c1-19-17(20-12-5-3-4-6-16(22)23-2)21-13-11-14-7-9-15(18)10-8-14/h7-10H,3-6,11-13H2,1-2H3,(H2,19,20,21). The molecule has 6 heteroatoms. The van der Waals surface area contributed by atoms with Gasteiger partial charge in [-0.25, -0.2) is 4.39 Å². The van der Waals surface area contributed by atoms with E-state index in [2.05, 4.69) is 20.4 Å². The van der Waals surface area contributed by atoms with Crippen LogP contribution in [0, 0.1) is 5.82 Å². The van der Waals surface area contributed by atoms with Gasteiger partial charge in [0.15, 0.2) is 5.96 Å². The Morgan fingerprint density at radius 2 is 1.83 bits per heavy atom. The van der Waals surface area contributed by atoms with Gasteiger partial charge in [0.25, 0.3) is 0 Å². The fourth-order valence-electron chi connectivity index (χ4n) is 2.08. The van der Waals surface area contributed by atoms with Crippen LogP contribution in [-0.4, -0.2) is 39.2 Å². The number of esters is 1. The number of rotatable bonds is 9. The van der Waals surface area contributed by atoms with Gasteiger partial charge < -0.3 is 15.4 Å². The zero-order valence-corrected chi connectivity index (χ0v) is 13.9. The number of methoxy groups -OCH3 is 1. The molecule has 128 valence electrons. The Morgan fingerprint density at radius 3 is 2.48 bits per heavy atom. The molecular formula is C17H26FN3O2. The van der Waals surface area contributed by atoms with E-state index in [1.54, 1.807) is 19.2 Å². The van der Waals surface area contributed by atoms with Crippen molar-refractivity contribution in [3.8, 4) is 0 Å². The molecule has 0 saturated carbocycles. The van der Waals surface area contributed by atoms with E-state index in [9.17, 15) is 9.18 Å². The summed E-state index contributed by atoms with van der Waals surface area (Å²) in [5, 5.41) is 6.45. The summed E-state index contributed by atoms with van der Waals surface area (Å²) < 4.78 is 17.4. The van der Waals surface area contributed by atoms with Crippen molar-refractivity contribution in [3.05, 3.63) is 35.6 Å². The summed E-state index contributed by atoms with van der Waals surface area (Å²) in [6, 6.07) is 6.51. The first kappa shape index (κ1) is 18.9. The Hall–Kier alpha value is -2.11. The SMILES string of the molecule is CN=C(NCCCCCC(=O)OC)NCCc1ccc(F)cc1. The van der Waals surface area contributed by atoms with E-state index in [0.29, 0.717) is 6.42 Å². The minimum Gasteiger partial charge on any atom is -0.469 e. The van der Waals surface area contributed by atoms with E-state index in [1.165, 1.54) is 19.2 Å². The third kappa shape index (κ3) is 8.80. The highest BCUT2D eigenvalue weighted by Gasteiger charge is 2.00. The molecule has 1 aromatic rings. The lowest BCUT2D eigenvalue weighted by Crippen LogP contribution is -2.38. The number of guanidine groups is 1. The van der Waals surface area contributed by atoms with E-state index in [1.807, 2.05) is 0 Å². The van der Waals surface area contributed by atoms with Crippen LogP contribution in [0.4, 0.5) is 4.39 Å². The van der Waals surface area contributed by atoms with Gasteiger partial charge in [0.1, 0.15) is 5.82 Å². The van der Waals surface area contributed by atoms with E-state index < -0.39 is 0 Å². The smallest absolute Gasteiger partial charge is 0.305 e. The zero-order valence-electron chi connectivity index (χ0n) is 13.9. The van der Waals surface area contributed by atoms with Crippen LogP contribution in [0.1, 0.15) is 31.2 Å². The topological polar surface area (TPSA) is 62.7 Å². The van der Waals surface area contributed by atoms with Gasteiger partial charge in [0.2, 0.25) is 0 Å². The molecule has 0 fully saturated rings. The molecule has 0 heterocycles. The fraction of sp³-hybridized carbons (Fsp3) is 0.529. The minimum absolute atomic E-state index is 0.156. The third-order valence-electron chi connectivity index (χ3n) is 3.42. The van der Waals surface area contributed by atoms with Gasteiger partial charge in [0, 0.05) is 26.6 Å². The molecule has 0 aromatic heterocycles. The predicted octanol–water partition coefficient (Wildman–Crippen LogP) is 2.27. The Labute approximate surface area is 137 Å². The molecule has 1 rings (SSSR count). The lowest BCUT2D eigenvalue weighted by molar-refractivity contribution is -0.140. The van der Waals surface area contributed by atoms with Crippen LogP contribution < -0.4 is 10.6 Å². The summed E-state index contributed by atoms with van der Waals surface area (Å²) in [5.41, 5.74) is 1.08. The van der Waals surface area contributed by atoms with Crippen LogP contribution in [-0.2, 0) is 16.0 Å². The normalized spacial score (nSPS) is 11.2. The van der Waals surface area contributed by atoms with Crippen molar-refractivity contribution in [2.75, 3.05) is 27.2 Å². The molecular weight excluding hydrogens is 297 g/mol. The van der Waals surface area contributed by atoms with Gasteiger partial charge in [-0.2, -0.15) is 0 Å². The monoisotopic (exact) mass is 323 g/mol. The molecule has 0 amide bonds. The van der Waals surface area contributed by atoms with Crippen LogP contribution in [0.25, 0.3) is 0 Å². The average Bonchev–Trinajstić information content (AvgIpc) is 2.57. The summed E-state index contributed by atoms with van der Waals surface area (Å²) in [6.07, 6.45) is 4.05. The van der Waals surface area contributed by atoms with Crippen molar-refractivity contribution >= 4 is 11.9 Å². The van der Waals surface area contributed by atoms with E-state index in [-0.39, 0.29) is 11.8 Å². The number of hydrogen-bond acceptors (Lipinski definition) is 3. The van der Waals surface area contributed by atoms with Crippen molar-refractivity contribution in [2.24, 2.45) is 4.99 Å². The van der Waals surface area contributed by atoms with Crippen LogP contribution in [0.5, 0.6) is 0 Å². The van der Waals surface area contributed by atoms with Gasteiger partial charge >= 0.3 is 5.97 Å². The van der Waals surface area contributed by atoms with Crippen molar-refractivity contribution in [3.63, 3.8) is 0 Å². The van der Waals surface area contributed by atoms with E-state index in [0.717, 1.165) is 50.3 Å². The molecule has 0 aliphatic rings. The summed E-state index contributed by atoms with van der Waals surface area (Å²) in [4.78, 5) is 15.1. The molecule has 1 aromatic carbocycles. The molecule has 0 atom stereocenters. The fourth-order valence-corrected chi connectivity index (χ4v) is 2.08. The Bertz CT molecular complexity index is 489. The first-order valence-electron chi connectivity index (χ1n) is 7.91. The lowest BCUT2D eigenvalue weighted by atomic mass is 10.1. The van der Waals surface area contributed by atoms with Gasteiger partial charge in [-0.3, -0.25) is 9.79 Å². The number of ether oxygens (including phenoxy) is 1. The van der Waals surface area contributed by atoms with Crippen molar-refractivity contribution in [1.29, 1.82) is 0 Å². The number of benzene rings is 1. The third-order valence-corrected chi connectivity index (χ3v) is 3.42. The van der Waals surface area contributed by atoms with Crippen LogP contribution in [0.3, 0.4) is 0 Å². The Morgan fingerprint density at radius 1 is 1.13 bits per heavy atom. The summed E-state index contributed by atoms with van der Waals surface area (Å²) in [6.45, 7) is 1.53. The maximum Gasteiger partial charge on any atom is 0.305 e. The Kier molecular flexibility index (Phi) is 9.43. The number of unbranched alkanes of at least 4 members (excludes halogenated alkanes) is 2.